The molecule has 2 aliphatic rings. The van der Waals surface area contributed by atoms with Crippen LogP contribution in [-0.2, 0) is 15.8 Å². The Morgan fingerprint density at radius 3 is 2.65 bits per heavy atom. The molecule has 1 aliphatic heterocycles. The molecule has 0 radical (unpaired) electrons. The first-order valence-corrected chi connectivity index (χ1v) is 10.9. The van der Waals surface area contributed by atoms with E-state index in [0.29, 0.717) is 6.54 Å². The molecule has 2 atom stereocenters. The minimum atomic E-state index is -3.34. The Morgan fingerprint density at radius 1 is 1.08 bits per heavy atom. The second-order valence-corrected chi connectivity index (χ2v) is 9.35. The molecule has 2 aromatic rings. The predicted octanol–water partition coefficient (Wildman–Crippen LogP) is 4.40. The van der Waals surface area contributed by atoms with E-state index in [1.54, 1.807) is 4.31 Å². The molecular weight excluding hydrogens is 342 g/mol. The summed E-state index contributed by atoms with van der Waals surface area (Å²) in [5.41, 5.74) is 4.66. The van der Waals surface area contributed by atoms with Crippen LogP contribution in [0.15, 0.2) is 66.2 Å². The number of aryl methyl sites for hydroxylation is 1. The quantitative estimate of drug-likeness (QED) is 0.751. The summed E-state index contributed by atoms with van der Waals surface area (Å²) in [6.07, 6.45) is 5.18. The zero-order chi connectivity index (χ0) is 18.1. The SMILES string of the molecule is Cc1cccc([C@@H]2CCC=C3CCN(S(=O)(=O)Cc4ccccc4)[C@H]32)c1. The van der Waals surface area contributed by atoms with Crippen LogP contribution in [0, 0.1) is 6.92 Å². The van der Waals surface area contributed by atoms with Gasteiger partial charge in [-0.1, -0.05) is 71.8 Å². The molecule has 3 nitrogen and oxygen atoms in total. The van der Waals surface area contributed by atoms with Crippen molar-refractivity contribution in [2.45, 2.75) is 43.9 Å². The molecule has 4 rings (SSSR count). The van der Waals surface area contributed by atoms with Gasteiger partial charge < -0.3 is 0 Å². The highest BCUT2D eigenvalue weighted by Crippen LogP contribution is 2.43. The fourth-order valence-electron chi connectivity index (χ4n) is 4.43. The van der Waals surface area contributed by atoms with Gasteiger partial charge in [0.25, 0.3) is 0 Å². The fraction of sp³-hybridized carbons (Fsp3) is 0.364. The van der Waals surface area contributed by atoms with Gasteiger partial charge in [0.2, 0.25) is 10.0 Å². The molecule has 26 heavy (non-hydrogen) atoms. The van der Waals surface area contributed by atoms with E-state index >= 15 is 0 Å². The van der Waals surface area contributed by atoms with Crippen molar-refractivity contribution in [3.63, 3.8) is 0 Å². The van der Waals surface area contributed by atoms with Gasteiger partial charge >= 0.3 is 0 Å². The van der Waals surface area contributed by atoms with E-state index in [2.05, 4.69) is 37.3 Å². The second-order valence-electron chi connectivity index (χ2n) is 7.42. The Kier molecular flexibility index (Phi) is 4.72. The van der Waals surface area contributed by atoms with Crippen molar-refractivity contribution in [3.05, 3.63) is 82.9 Å². The number of sulfonamides is 1. The van der Waals surface area contributed by atoms with Gasteiger partial charge in [-0.3, -0.25) is 0 Å². The van der Waals surface area contributed by atoms with Crippen LogP contribution >= 0.6 is 0 Å². The number of fused-ring (bicyclic) bond motifs is 1. The molecule has 0 saturated carbocycles. The van der Waals surface area contributed by atoms with Gasteiger partial charge in [0.1, 0.15) is 0 Å². The summed E-state index contributed by atoms with van der Waals surface area (Å²) in [6.45, 7) is 2.70. The highest BCUT2D eigenvalue weighted by molar-refractivity contribution is 7.88. The average molecular weight is 368 g/mol. The Balaban J connectivity index is 1.66. The van der Waals surface area contributed by atoms with Crippen molar-refractivity contribution in [1.82, 2.24) is 4.31 Å². The van der Waals surface area contributed by atoms with Gasteiger partial charge in [0.15, 0.2) is 0 Å². The van der Waals surface area contributed by atoms with Crippen LogP contribution in [0.2, 0.25) is 0 Å². The zero-order valence-corrected chi connectivity index (χ0v) is 16.0. The van der Waals surface area contributed by atoms with Gasteiger partial charge in [0.05, 0.1) is 11.8 Å². The van der Waals surface area contributed by atoms with E-state index in [4.69, 9.17) is 0 Å². The maximum atomic E-state index is 13.2. The highest BCUT2D eigenvalue weighted by atomic mass is 32.2. The Labute approximate surface area is 156 Å². The van der Waals surface area contributed by atoms with Crippen LogP contribution in [0.4, 0.5) is 0 Å². The number of hydrogen-bond acceptors (Lipinski definition) is 2. The zero-order valence-electron chi connectivity index (χ0n) is 15.1. The summed E-state index contributed by atoms with van der Waals surface area (Å²) in [7, 11) is -3.34. The maximum absolute atomic E-state index is 13.2. The molecule has 1 aliphatic carbocycles. The summed E-state index contributed by atoms with van der Waals surface area (Å²) in [4.78, 5) is 0. The van der Waals surface area contributed by atoms with Gasteiger partial charge in [-0.15, -0.1) is 0 Å². The molecule has 136 valence electrons. The third-order valence-corrected chi connectivity index (χ3v) is 7.42. The number of hydrogen-bond donors (Lipinski definition) is 0. The lowest BCUT2D eigenvalue weighted by Crippen LogP contribution is -2.41. The minimum Gasteiger partial charge on any atom is -0.212 e. The van der Waals surface area contributed by atoms with Gasteiger partial charge in [-0.05, 0) is 37.3 Å². The molecule has 0 unspecified atom stereocenters. The molecule has 0 aromatic heterocycles. The molecule has 1 heterocycles. The van der Waals surface area contributed by atoms with E-state index in [-0.39, 0.29) is 17.7 Å². The lowest BCUT2D eigenvalue weighted by atomic mass is 9.80. The van der Waals surface area contributed by atoms with Crippen molar-refractivity contribution in [3.8, 4) is 0 Å². The van der Waals surface area contributed by atoms with Crippen molar-refractivity contribution in [1.29, 1.82) is 0 Å². The molecular formula is C22H25NO2S. The Bertz CT molecular complexity index is 918. The average Bonchev–Trinajstić information content (AvgIpc) is 3.07. The predicted molar refractivity (Wildman–Crippen MR) is 105 cm³/mol. The largest absolute Gasteiger partial charge is 0.218 e. The van der Waals surface area contributed by atoms with E-state index in [1.807, 2.05) is 30.3 Å². The Morgan fingerprint density at radius 2 is 1.88 bits per heavy atom. The first-order valence-electron chi connectivity index (χ1n) is 9.33. The van der Waals surface area contributed by atoms with Gasteiger partial charge in [-0.25, -0.2) is 8.42 Å². The lowest BCUT2D eigenvalue weighted by Gasteiger charge is -2.34. The number of benzene rings is 2. The summed E-state index contributed by atoms with van der Waals surface area (Å²) in [5, 5.41) is 0. The van der Waals surface area contributed by atoms with Crippen LogP contribution in [0.25, 0.3) is 0 Å². The molecule has 0 amide bonds. The van der Waals surface area contributed by atoms with Crippen LogP contribution in [-0.4, -0.2) is 25.3 Å². The van der Waals surface area contributed by atoms with Crippen LogP contribution < -0.4 is 0 Å². The highest BCUT2D eigenvalue weighted by Gasteiger charge is 2.43. The lowest BCUT2D eigenvalue weighted by molar-refractivity contribution is 0.345. The summed E-state index contributed by atoms with van der Waals surface area (Å²) in [6, 6.07) is 18.0. The number of rotatable bonds is 4. The fourth-order valence-corrected chi connectivity index (χ4v) is 6.21. The Hall–Kier alpha value is -1.91. The van der Waals surface area contributed by atoms with E-state index < -0.39 is 10.0 Å². The number of allylic oxidation sites excluding steroid dienone is 1. The third kappa shape index (κ3) is 3.36. The molecule has 1 saturated heterocycles. The smallest absolute Gasteiger partial charge is 0.212 e. The van der Waals surface area contributed by atoms with E-state index in [1.165, 1.54) is 16.7 Å². The van der Waals surface area contributed by atoms with Crippen molar-refractivity contribution in [2.24, 2.45) is 0 Å². The maximum Gasteiger partial charge on any atom is 0.218 e. The molecule has 4 heteroatoms. The van der Waals surface area contributed by atoms with Crippen LogP contribution in [0.5, 0.6) is 0 Å². The monoisotopic (exact) mass is 367 g/mol. The molecule has 0 bridgehead atoms. The first kappa shape index (κ1) is 17.5. The second kappa shape index (κ2) is 7.01. The standard InChI is InChI=1S/C22H25NO2S/c1-17-7-5-11-20(15-17)21-12-6-10-19-13-14-23(22(19)21)26(24,25)16-18-8-3-2-4-9-18/h2-5,7-11,15,21-22H,6,12-14,16H2,1H3/t21-,22+/m0/s1. The normalized spacial score (nSPS) is 23.5. The van der Waals surface area contributed by atoms with Crippen LogP contribution in [0.3, 0.4) is 0 Å². The topological polar surface area (TPSA) is 37.4 Å². The van der Waals surface area contributed by atoms with E-state index in [0.717, 1.165) is 24.8 Å². The minimum absolute atomic E-state index is 0.0146. The number of nitrogens with zero attached hydrogens (tertiary/aromatic N) is 1. The van der Waals surface area contributed by atoms with Gasteiger partial charge in [-0.2, -0.15) is 4.31 Å². The van der Waals surface area contributed by atoms with Crippen molar-refractivity contribution in [2.75, 3.05) is 6.54 Å². The summed E-state index contributed by atoms with van der Waals surface area (Å²) in [5.74, 6) is 0.334. The van der Waals surface area contributed by atoms with Gasteiger partial charge in [0, 0.05) is 12.5 Å². The molecule has 2 aromatic carbocycles. The van der Waals surface area contributed by atoms with Crippen LogP contribution in [0.1, 0.15) is 41.9 Å². The molecule has 0 spiro atoms. The van der Waals surface area contributed by atoms with Crippen molar-refractivity contribution >= 4 is 10.0 Å². The van der Waals surface area contributed by atoms with Crippen molar-refractivity contribution < 1.29 is 8.42 Å². The van der Waals surface area contributed by atoms with E-state index in [9.17, 15) is 8.42 Å². The molecule has 0 N–H and O–H groups in total. The summed E-state index contributed by atoms with van der Waals surface area (Å²) < 4.78 is 28.2. The summed E-state index contributed by atoms with van der Waals surface area (Å²) >= 11 is 0. The molecule has 1 fully saturated rings. The third-order valence-electron chi connectivity index (χ3n) is 5.60. The first-order chi connectivity index (χ1) is 12.5.